The number of hydrogen-bond acceptors (Lipinski definition) is 7. The predicted octanol–water partition coefficient (Wildman–Crippen LogP) is 2.48. The van der Waals surface area contributed by atoms with Gasteiger partial charge in [0.2, 0.25) is 0 Å². The summed E-state index contributed by atoms with van der Waals surface area (Å²) in [6.45, 7) is 6.14. The molecule has 5 fully saturated rings. The molecule has 2 saturated heterocycles. The lowest BCUT2D eigenvalue weighted by molar-refractivity contribution is -0.187. The second-order valence-electron chi connectivity index (χ2n) is 10.3. The fourth-order valence-corrected chi connectivity index (χ4v) is 7.82. The predicted molar refractivity (Wildman–Crippen MR) is 98.2 cm³/mol. The normalized spacial score (nSPS) is 53.7. The molecule has 158 valence electrons. The third kappa shape index (κ3) is 1.91. The maximum absolute atomic E-state index is 13.0. The number of hydrogen-bond donors (Lipinski definition) is 0. The van der Waals surface area contributed by atoms with Crippen molar-refractivity contribution in [3.63, 3.8) is 0 Å². The molecule has 0 unspecified atom stereocenters. The minimum Gasteiger partial charge on any atom is -0.438 e. The second kappa shape index (κ2) is 5.24. The highest BCUT2D eigenvalue weighted by atomic mass is 16.8. The summed E-state index contributed by atoms with van der Waals surface area (Å²) in [7, 11) is 1.53. The van der Waals surface area contributed by atoms with Gasteiger partial charge in [-0.25, -0.2) is 4.79 Å². The molecule has 3 aliphatic carbocycles. The van der Waals surface area contributed by atoms with Crippen molar-refractivity contribution >= 4 is 11.9 Å². The lowest BCUT2D eigenvalue weighted by Crippen LogP contribution is -2.61. The Balaban J connectivity index is 1.39. The molecule has 0 N–H and O–H groups in total. The van der Waals surface area contributed by atoms with Gasteiger partial charge in [-0.2, -0.15) is 0 Å². The Morgan fingerprint density at radius 2 is 2.00 bits per heavy atom. The highest BCUT2D eigenvalue weighted by Crippen LogP contribution is 2.78. The number of epoxide rings is 2. The van der Waals surface area contributed by atoms with Crippen LogP contribution in [0, 0.1) is 22.7 Å². The zero-order valence-electron chi connectivity index (χ0n) is 17.4. The smallest absolute Gasteiger partial charge is 0.336 e. The highest BCUT2D eigenvalue weighted by Gasteiger charge is 2.88. The first-order chi connectivity index (χ1) is 13.7. The number of methoxy groups -OCH3 is 1. The van der Waals surface area contributed by atoms with Crippen molar-refractivity contribution in [2.24, 2.45) is 22.7 Å². The molecule has 0 aromatic rings. The molecule has 3 heterocycles. The van der Waals surface area contributed by atoms with Crippen molar-refractivity contribution in [2.75, 3.05) is 13.9 Å². The third-order valence-corrected chi connectivity index (χ3v) is 9.05. The first-order valence-electron chi connectivity index (χ1n) is 10.7. The Hall–Kier alpha value is -1.44. The molecule has 2 spiro atoms. The average molecular weight is 404 g/mol. The summed E-state index contributed by atoms with van der Waals surface area (Å²) in [4.78, 5) is 25.4. The number of ether oxygens (including phenoxy) is 5. The van der Waals surface area contributed by atoms with Gasteiger partial charge in [0, 0.05) is 24.2 Å². The van der Waals surface area contributed by atoms with E-state index in [2.05, 4.69) is 6.92 Å². The standard InChI is InChI=1S/C22H28O7/c1-11-13-15-21(27-15)9-6-12-19(2,14(21)16-22(13,28-16)29-17(11)23)7-5-8-20(12,3)18(24)26-10-25-4/h12,14-16H,5-10H2,1-4H3/t12-,14-,15+,16+,19+,20+,21-,22+/m0/s1. The van der Waals surface area contributed by atoms with E-state index in [4.69, 9.17) is 23.7 Å². The topological polar surface area (TPSA) is 86.9 Å². The van der Waals surface area contributed by atoms with Crippen LogP contribution in [-0.4, -0.2) is 49.4 Å². The van der Waals surface area contributed by atoms with Crippen LogP contribution in [0.25, 0.3) is 0 Å². The van der Waals surface area contributed by atoms with E-state index in [9.17, 15) is 9.59 Å². The molecule has 29 heavy (non-hydrogen) atoms. The zero-order chi connectivity index (χ0) is 20.4. The second-order valence-corrected chi connectivity index (χ2v) is 10.3. The SMILES string of the molecule is COCOC(=O)[C@]1(C)CCC[C@@]2(C)[C@@H]3[C@H]4O[C@]45OC(=O)C(C)=C5[C@H]4O[C@]43CC[C@@H]21. The van der Waals surface area contributed by atoms with Crippen molar-refractivity contribution in [1.82, 2.24) is 0 Å². The minimum atomic E-state index is -0.911. The molecule has 6 aliphatic rings. The van der Waals surface area contributed by atoms with Crippen LogP contribution in [0.2, 0.25) is 0 Å². The molecule has 3 saturated carbocycles. The Kier molecular flexibility index (Phi) is 3.31. The van der Waals surface area contributed by atoms with E-state index in [1.54, 1.807) is 0 Å². The fraction of sp³-hybridized carbons (Fsp3) is 0.818. The van der Waals surface area contributed by atoms with Gasteiger partial charge < -0.3 is 23.7 Å². The lowest BCUT2D eigenvalue weighted by Gasteiger charge is -2.58. The number of esters is 2. The summed E-state index contributed by atoms with van der Waals surface area (Å²) < 4.78 is 28.7. The number of rotatable bonds is 3. The third-order valence-electron chi connectivity index (χ3n) is 9.05. The van der Waals surface area contributed by atoms with Gasteiger partial charge in [-0.05, 0) is 50.9 Å². The van der Waals surface area contributed by atoms with Crippen molar-refractivity contribution in [1.29, 1.82) is 0 Å². The van der Waals surface area contributed by atoms with Crippen LogP contribution in [0.1, 0.15) is 52.9 Å². The van der Waals surface area contributed by atoms with Gasteiger partial charge in [0.25, 0.3) is 5.79 Å². The van der Waals surface area contributed by atoms with Crippen LogP contribution in [0.4, 0.5) is 0 Å². The van der Waals surface area contributed by atoms with Crippen LogP contribution in [0.3, 0.4) is 0 Å². The summed E-state index contributed by atoms with van der Waals surface area (Å²) >= 11 is 0. The van der Waals surface area contributed by atoms with Gasteiger partial charge in [0.05, 0.1) is 5.41 Å². The molecule has 7 heteroatoms. The Morgan fingerprint density at radius 3 is 2.76 bits per heavy atom. The van der Waals surface area contributed by atoms with E-state index in [-0.39, 0.29) is 53.8 Å². The number of carbonyl (C=O) groups is 2. The van der Waals surface area contributed by atoms with Gasteiger partial charge in [-0.3, -0.25) is 4.79 Å². The molecule has 8 atom stereocenters. The fourth-order valence-electron chi connectivity index (χ4n) is 7.82. The monoisotopic (exact) mass is 404 g/mol. The highest BCUT2D eigenvalue weighted by molar-refractivity contribution is 5.94. The maximum Gasteiger partial charge on any atom is 0.336 e. The first-order valence-corrected chi connectivity index (χ1v) is 10.7. The van der Waals surface area contributed by atoms with Crippen LogP contribution in [0.15, 0.2) is 11.1 Å². The van der Waals surface area contributed by atoms with Crippen molar-refractivity contribution < 1.29 is 33.3 Å². The van der Waals surface area contributed by atoms with Crippen molar-refractivity contribution in [3.05, 3.63) is 11.1 Å². The van der Waals surface area contributed by atoms with E-state index in [0.29, 0.717) is 5.57 Å². The Labute approximate surface area is 170 Å². The van der Waals surface area contributed by atoms with Crippen LogP contribution in [-0.2, 0) is 33.3 Å². The molecule has 0 radical (unpaired) electrons. The summed E-state index contributed by atoms with van der Waals surface area (Å²) in [5.74, 6) is -1.10. The summed E-state index contributed by atoms with van der Waals surface area (Å²) in [5, 5.41) is 0. The molecule has 0 aromatic heterocycles. The first kappa shape index (κ1) is 18.3. The quantitative estimate of drug-likeness (QED) is 0.406. The molecule has 3 aliphatic heterocycles. The lowest BCUT2D eigenvalue weighted by atomic mass is 9.43. The molecule has 0 aromatic carbocycles. The van der Waals surface area contributed by atoms with E-state index < -0.39 is 11.2 Å². The van der Waals surface area contributed by atoms with E-state index in [1.807, 2.05) is 13.8 Å². The maximum atomic E-state index is 13.0. The van der Waals surface area contributed by atoms with Crippen LogP contribution < -0.4 is 0 Å². The minimum absolute atomic E-state index is 0.0192. The zero-order valence-corrected chi connectivity index (χ0v) is 17.4. The van der Waals surface area contributed by atoms with Crippen LogP contribution >= 0.6 is 0 Å². The molecule has 6 rings (SSSR count). The Morgan fingerprint density at radius 1 is 1.21 bits per heavy atom. The van der Waals surface area contributed by atoms with E-state index in [0.717, 1.165) is 37.7 Å². The van der Waals surface area contributed by atoms with Gasteiger partial charge >= 0.3 is 11.9 Å². The van der Waals surface area contributed by atoms with E-state index in [1.165, 1.54) is 7.11 Å². The van der Waals surface area contributed by atoms with Gasteiger partial charge in [-0.15, -0.1) is 0 Å². The van der Waals surface area contributed by atoms with Crippen molar-refractivity contribution in [2.45, 2.75) is 76.5 Å². The number of carbonyl (C=O) groups excluding carboxylic acids is 2. The summed E-state index contributed by atoms with van der Waals surface area (Å²) in [6.07, 6.45) is 4.28. The van der Waals surface area contributed by atoms with Gasteiger partial charge in [0.15, 0.2) is 6.79 Å². The molecular formula is C22H28O7. The van der Waals surface area contributed by atoms with Crippen LogP contribution in [0.5, 0.6) is 0 Å². The molecule has 0 bridgehead atoms. The molecule has 0 amide bonds. The summed E-state index contributed by atoms with van der Waals surface area (Å²) in [5.41, 5.74) is 0.586. The largest absolute Gasteiger partial charge is 0.438 e. The number of fused-ring (bicyclic) bond motifs is 4. The van der Waals surface area contributed by atoms with Gasteiger partial charge in [-0.1, -0.05) is 13.3 Å². The molecular weight excluding hydrogens is 376 g/mol. The molecule has 7 nitrogen and oxygen atoms in total. The average Bonchev–Trinajstić information content (AvgIpc) is 3.54. The van der Waals surface area contributed by atoms with Gasteiger partial charge in [0.1, 0.15) is 17.8 Å². The van der Waals surface area contributed by atoms with E-state index >= 15 is 0 Å². The summed E-state index contributed by atoms with van der Waals surface area (Å²) in [6, 6.07) is 0. The Bertz CT molecular complexity index is 865. The van der Waals surface area contributed by atoms with Crippen molar-refractivity contribution in [3.8, 4) is 0 Å².